The molecule has 37 heavy (non-hydrogen) atoms. The van der Waals surface area contributed by atoms with E-state index in [1.807, 2.05) is 0 Å². The van der Waals surface area contributed by atoms with E-state index >= 15 is 0 Å². The van der Waals surface area contributed by atoms with Gasteiger partial charge in [0.1, 0.15) is 23.6 Å². The molecule has 0 saturated carbocycles. The van der Waals surface area contributed by atoms with E-state index in [1.54, 1.807) is 48.5 Å². The SMILES string of the molecule is COC(=O)c1csc(NC(=O)C(Cc2ccccc2OC)N2C(=O)NC(c3ccc(OC)cc3)C2=O)n1. The zero-order chi connectivity index (χ0) is 26.5. The highest BCUT2D eigenvalue weighted by molar-refractivity contribution is 7.14. The molecule has 4 rings (SSSR count). The van der Waals surface area contributed by atoms with Gasteiger partial charge in [-0.1, -0.05) is 30.3 Å². The minimum atomic E-state index is -1.24. The highest BCUT2D eigenvalue weighted by Crippen LogP contribution is 2.29. The van der Waals surface area contributed by atoms with E-state index in [0.717, 1.165) is 16.2 Å². The summed E-state index contributed by atoms with van der Waals surface area (Å²) in [6, 6.07) is 10.8. The van der Waals surface area contributed by atoms with Crippen molar-refractivity contribution in [2.24, 2.45) is 0 Å². The van der Waals surface area contributed by atoms with E-state index in [1.165, 1.54) is 26.7 Å². The summed E-state index contributed by atoms with van der Waals surface area (Å²) < 4.78 is 15.2. The number of amides is 4. The van der Waals surface area contributed by atoms with Crippen LogP contribution in [0.3, 0.4) is 0 Å². The van der Waals surface area contributed by atoms with Crippen LogP contribution in [0.2, 0.25) is 0 Å². The van der Waals surface area contributed by atoms with Crippen LogP contribution in [0.1, 0.15) is 27.7 Å². The molecule has 11 nitrogen and oxygen atoms in total. The van der Waals surface area contributed by atoms with Crippen molar-refractivity contribution in [3.05, 3.63) is 70.7 Å². The molecular weight excluding hydrogens is 500 g/mol. The fraction of sp³-hybridized carbons (Fsp3) is 0.240. The third-order valence-corrected chi connectivity index (χ3v) is 6.53. The van der Waals surface area contributed by atoms with E-state index in [4.69, 9.17) is 9.47 Å². The Labute approximate surface area is 216 Å². The van der Waals surface area contributed by atoms with Crippen molar-refractivity contribution >= 4 is 40.3 Å². The van der Waals surface area contributed by atoms with Crippen LogP contribution in [0.5, 0.6) is 11.5 Å². The predicted octanol–water partition coefficient (Wildman–Crippen LogP) is 2.79. The fourth-order valence-electron chi connectivity index (χ4n) is 3.91. The number of carbonyl (C=O) groups is 4. The number of ether oxygens (including phenoxy) is 3. The number of hydrogen-bond donors (Lipinski definition) is 2. The van der Waals surface area contributed by atoms with Gasteiger partial charge < -0.3 is 24.8 Å². The minimum Gasteiger partial charge on any atom is -0.497 e. The number of rotatable bonds is 9. The largest absolute Gasteiger partial charge is 0.497 e. The number of anilines is 1. The van der Waals surface area contributed by atoms with E-state index in [2.05, 4.69) is 20.4 Å². The molecule has 1 aliphatic rings. The fourth-order valence-corrected chi connectivity index (χ4v) is 4.59. The zero-order valence-electron chi connectivity index (χ0n) is 20.2. The molecule has 12 heteroatoms. The van der Waals surface area contributed by atoms with Gasteiger partial charge in [0.25, 0.3) is 5.91 Å². The highest BCUT2D eigenvalue weighted by atomic mass is 32.1. The summed E-state index contributed by atoms with van der Waals surface area (Å²) in [5, 5.41) is 6.83. The Hall–Kier alpha value is -4.45. The zero-order valence-corrected chi connectivity index (χ0v) is 21.0. The van der Waals surface area contributed by atoms with Crippen LogP contribution in [0, 0.1) is 0 Å². The quantitative estimate of drug-likeness (QED) is 0.322. The minimum absolute atomic E-state index is 0.0143. The molecular formula is C25H24N4O7S. The first-order valence-electron chi connectivity index (χ1n) is 11.1. The van der Waals surface area contributed by atoms with Gasteiger partial charge in [-0.2, -0.15) is 0 Å². The van der Waals surface area contributed by atoms with Crippen LogP contribution in [0.4, 0.5) is 9.93 Å². The van der Waals surface area contributed by atoms with Crippen LogP contribution < -0.4 is 20.1 Å². The summed E-state index contributed by atoms with van der Waals surface area (Å²) in [5.74, 6) is -0.796. The first-order valence-corrected chi connectivity index (χ1v) is 12.0. The Bertz CT molecular complexity index is 1320. The summed E-state index contributed by atoms with van der Waals surface area (Å²) in [6.07, 6.45) is -0.0143. The summed E-state index contributed by atoms with van der Waals surface area (Å²) in [7, 11) is 4.24. The van der Waals surface area contributed by atoms with Gasteiger partial charge in [0, 0.05) is 11.8 Å². The van der Waals surface area contributed by atoms with Gasteiger partial charge in [-0.25, -0.2) is 19.5 Å². The number of imide groups is 1. The van der Waals surface area contributed by atoms with Crippen molar-refractivity contribution in [1.82, 2.24) is 15.2 Å². The average molecular weight is 525 g/mol. The second kappa shape index (κ2) is 11.1. The highest BCUT2D eigenvalue weighted by Gasteiger charge is 2.45. The second-order valence-corrected chi connectivity index (χ2v) is 8.77. The molecule has 1 fully saturated rings. The molecule has 3 aromatic rings. The third kappa shape index (κ3) is 5.38. The lowest BCUT2D eigenvalue weighted by molar-refractivity contribution is -0.134. The number of para-hydroxylation sites is 1. The summed E-state index contributed by atoms with van der Waals surface area (Å²) >= 11 is 1.01. The Kier molecular flexibility index (Phi) is 7.68. The number of carbonyl (C=O) groups excluding carboxylic acids is 4. The molecule has 4 amide bonds. The third-order valence-electron chi connectivity index (χ3n) is 5.77. The molecule has 1 aromatic heterocycles. The monoisotopic (exact) mass is 524 g/mol. The van der Waals surface area contributed by atoms with E-state index in [0.29, 0.717) is 22.6 Å². The van der Waals surface area contributed by atoms with Crippen molar-refractivity contribution in [2.45, 2.75) is 18.5 Å². The Balaban J connectivity index is 1.64. The molecule has 2 unspecified atom stereocenters. The van der Waals surface area contributed by atoms with Crippen LogP contribution in [0.25, 0.3) is 0 Å². The van der Waals surface area contributed by atoms with Crippen molar-refractivity contribution in [2.75, 3.05) is 26.6 Å². The predicted molar refractivity (Wildman–Crippen MR) is 134 cm³/mol. The lowest BCUT2D eigenvalue weighted by Gasteiger charge is -2.25. The van der Waals surface area contributed by atoms with Crippen LogP contribution in [-0.4, -0.2) is 61.1 Å². The molecule has 1 saturated heterocycles. The molecule has 0 radical (unpaired) electrons. The number of nitrogens with zero attached hydrogens (tertiary/aromatic N) is 2. The maximum atomic E-state index is 13.5. The van der Waals surface area contributed by atoms with Crippen LogP contribution in [-0.2, 0) is 20.7 Å². The number of nitrogens with one attached hydrogen (secondary N) is 2. The van der Waals surface area contributed by atoms with Gasteiger partial charge in [-0.15, -0.1) is 11.3 Å². The topological polar surface area (TPSA) is 136 Å². The lowest BCUT2D eigenvalue weighted by atomic mass is 10.0. The number of methoxy groups -OCH3 is 3. The van der Waals surface area contributed by atoms with Crippen molar-refractivity contribution in [3.8, 4) is 11.5 Å². The van der Waals surface area contributed by atoms with Gasteiger partial charge in [0.05, 0.1) is 21.3 Å². The molecule has 2 atom stereocenters. The lowest BCUT2D eigenvalue weighted by Crippen LogP contribution is -2.49. The van der Waals surface area contributed by atoms with Crippen molar-refractivity contribution in [1.29, 1.82) is 0 Å². The molecule has 2 heterocycles. The maximum Gasteiger partial charge on any atom is 0.357 e. The number of hydrogen-bond acceptors (Lipinski definition) is 9. The molecule has 0 spiro atoms. The number of urea groups is 1. The molecule has 192 valence electrons. The standard InChI is InChI=1S/C25H24N4O7S/c1-34-16-10-8-14(9-11-16)20-22(31)29(25(33)27-20)18(12-15-6-4-5-7-19(15)35-2)21(30)28-24-26-17(13-37-24)23(32)36-3/h4-11,13,18,20H,12H2,1-3H3,(H,27,33)(H,26,28,30). The first-order chi connectivity index (χ1) is 17.9. The van der Waals surface area contributed by atoms with Gasteiger partial charge >= 0.3 is 12.0 Å². The summed E-state index contributed by atoms with van der Waals surface area (Å²) in [4.78, 5) is 56.7. The van der Waals surface area contributed by atoms with Crippen LogP contribution >= 0.6 is 11.3 Å². The maximum absolute atomic E-state index is 13.5. The molecule has 1 aliphatic heterocycles. The summed E-state index contributed by atoms with van der Waals surface area (Å²) in [6.45, 7) is 0. The summed E-state index contributed by atoms with van der Waals surface area (Å²) in [5.41, 5.74) is 1.19. The molecule has 2 aromatic carbocycles. The van der Waals surface area contributed by atoms with Crippen molar-refractivity contribution in [3.63, 3.8) is 0 Å². The Morgan fingerprint density at radius 1 is 1.08 bits per heavy atom. The average Bonchev–Trinajstić information content (AvgIpc) is 3.50. The number of aromatic nitrogens is 1. The first kappa shape index (κ1) is 25.6. The van der Waals surface area contributed by atoms with Crippen molar-refractivity contribution < 1.29 is 33.4 Å². The Morgan fingerprint density at radius 3 is 2.49 bits per heavy atom. The normalized spacial score (nSPS) is 15.6. The van der Waals surface area contributed by atoms with E-state index in [9.17, 15) is 19.2 Å². The number of thiazole rings is 1. The van der Waals surface area contributed by atoms with E-state index < -0.39 is 35.9 Å². The second-order valence-electron chi connectivity index (χ2n) is 7.91. The molecule has 0 aliphatic carbocycles. The Morgan fingerprint density at radius 2 is 1.81 bits per heavy atom. The van der Waals surface area contributed by atoms with Gasteiger partial charge in [0.2, 0.25) is 5.91 Å². The van der Waals surface area contributed by atoms with Crippen LogP contribution in [0.15, 0.2) is 53.9 Å². The van der Waals surface area contributed by atoms with Gasteiger partial charge in [0.15, 0.2) is 10.8 Å². The molecule has 0 bridgehead atoms. The van der Waals surface area contributed by atoms with E-state index in [-0.39, 0.29) is 17.2 Å². The number of esters is 1. The smallest absolute Gasteiger partial charge is 0.357 e. The van der Waals surface area contributed by atoms with Gasteiger partial charge in [-0.05, 0) is 29.3 Å². The number of benzene rings is 2. The molecule has 2 N–H and O–H groups in total. The van der Waals surface area contributed by atoms with Gasteiger partial charge in [-0.3, -0.25) is 9.59 Å².